The third kappa shape index (κ3) is 5.30. The summed E-state index contributed by atoms with van der Waals surface area (Å²) in [5.74, 6) is -2.45. The van der Waals surface area contributed by atoms with Crippen LogP contribution in [-0.2, 0) is 9.59 Å². The molecule has 204 valence electrons. The number of ether oxygens (including phenoxy) is 1. The average Bonchev–Trinajstić information content (AvgIpc) is 3.21. The van der Waals surface area contributed by atoms with Crippen LogP contribution in [0.15, 0.2) is 72.8 Å². The Labute approximate surface area is 234 Å². The predicted molar refractivity (Wildman–Crippen MR) is 144 cm³/mol. The van der Waals surface area contributed by atoms with Gasteiger partial charge >= 0.3 is 0 Å². The number of carbonyl (C=O) groups is 4. The molecule has 1 heterocycles. The third-order valence-corrected chi connectivity index (χ3v) is 7.48. The number of hydrogen-bond acceptors (Lipinski definition) is 7. The first kappa shape index (κ1) is 27.0. The van der Waals surface area contributed by atoms with Gasteiger partial charge in [0.1, 0.15) is 18.0 Å². The van der Waals surface area contributed by atoms with E-state index < -0.39 is 46.8 Å². The molecular weight excluding hydrogens is 538 g/mol. The molecule has 1 saturated heterocycles. The van der Waals surface area contributed by atoms with Crippen molar-refractivity contribution in [1.29, 1.82) is 0 Å². The summed E-state index contributed by atoms with van der Waals surface area (Å²) in [6, 6.07) is 17.9. The average molecular weight is 562 g/mol. The maximum atomic E-state index is 13.6. The van der Waals surface area contributed by atoms with Gasteiger partial charge in [-0.25, -0.2) is 5.01 Å². The number of imide groups is 1. The first-order valence-corrected chi connectivity index (χ1v) is 13.1. The number of nitro groups is 1. The molecule has 1 aliphatic carbocycles. The van der Waals surface area contributed by atoms with E-state index in [9.17, 15) is 29.3 Å². The van der Waals surface area contributed by atoms with Crippen LogP contribution in [-0.4, -0.2) is 45.0 Å². The van der Waals surface area contributed by atoms with Gasteiger partial charge in [-0.15, -0.1) is 0 Å². The molecular formula is C29H24ClN3O7. The predicted octanol–water partition coefficient (Wildman–Crippen LogP) is 5.46. The van der Waals surface area contributed by atoms with E-state index in [-0.39, 0.29) is 21.8 Å². The van der Waals surface area contributed by atoms with Crippen LogP contribution < -0.4 is 4.74 Å². The summed E-state index contributed by atoms with van der Waals surface area (Å²) in [4.78, 5) is 63.9. The van der Waals surface area contributed by atoms with E-state index in [1.165, 1.54) is 60.7 Å². The number of halogens is 1. The van der Waals surface area contributed by atoms with Crippen LogP contribution in [0.2, 0.25) is 5.02 Å². The Bertz CT molecular complexity index is 1470. The topological polar surface area (TPSA) is 127 Å². The number of non-ortho nitro benzene ring substituents is 1. The van der Waals surface area contributed by atoms with Crippen molar-refractivity contribution in [1.82, 2.24) is 10.0 Å². The molecule has 0 unspecified atom stereocenters. The minimum absolute atomic E-state index is 0.0688. The van der Waals surface area contributed by atoms with Crippen LogP contribution in [0, 0.1) is 22.0 Å². The number of hydrogen-bond donors (Lipinski definition) is 0. The van der Waals surface area contributed by atoms with Crippen LogP contribution in [0.4, 0.5) is 5.69 Å². The van der Waals surface area contributed by atoms with Gasteiger partial charge in [0.05, 0.1) is 27.3 Å². The zero-order chi connectivity index (χ0) is 28.4. The lowest BCUT2D eigenvalue weighted by Gasteiger charge is -2.30. The van der Waals surface area contributed by atoms with Crippen LogP contribution in [0.1, 0.15) is 46.4 Å². The molecule has 3 aromatic carbocycles. The molecule has 0 radical (unpaired) electrons. The highest BCUT2D eigenvalue weighted by Gasteiger charge is 2.52. The van der Waals surface area contributed by atoms with Gasteiger partial charge in [-0.2, -0.15) is 5.01 Å². The number of fused-ring (bicyclic) bond motifs is 1. The number of carbonyl (C=O) groups excluding carboxylic acids is 4. The smallest absolute Gasteiger partial charge is 0.274 e. The van der Waals surface area contributed by atoms with Gasteiger partial charge in [-0.05, 0) is 61.4 Å². The Kier molecular flexibility index (Phi) is 7.61. The summed E-state index contributed by atoms with van der Waals surface area (Å²) in [5.41, 5.74) is 0.224. The Balaban J connectivity index is 1.37. The largest absolute Gasteiger partial charge is 0.457 e. The number of ketones is 1. The summed E-state index contributed by atoms with van der Waals surface area (Å²) in [7, 11) is 0. The molecule has 1 saturated carbocycles. The Morgan fingerprint density at radius 3 is 2.00 bits per heavy atom. The normalized spacial score (nSPS) is 18.3. The summed E-state index contributed by atoms with van der Waals surface area (Å²) in [6.45, 7) is -0.552. The molecule has 0 N–H and O–H groups in total. The molecule has 0 aromatic heterocycles. The molecule has 3 aromatic rings. The fourth-order valence-corrected chi connectivity index (χ4v) is 5.31. The minimum Gasteiger partial charge on any atom is -0.457 e. The number of nitro benzene ring substituents is 1. The van der Waals surface area contributed by atoms with Crippen molar-refractivity contribution in [2.75, 3.05) is 6.54 Å². The van der Waals surface area contributed by atoms with Gasteiger partial charge in [0.2, 0.25) is 0 Å². The van der Waals surface area contributed by atoms with E-state index >= 15 is 0 Å². The van der Waals surface area contributed by atoms with E-state index in [0.29, 0.717) is 24.3 Å². The first-order chi connectivity index (χ1) is 19.2. The number of nitrogens with zero attached hydrogens (tertiary/aromatic N) is 3. The first-order valence-electron chi connectivity index (χ1n) is 12.7. The van der Waals surface area contributed by atoms with Gasteiger partial charge in [0, 0.05) is 17.7 Å². The monoisotopic (exact) mass is 561 g/mol. The molecule has 2 aliphatic rings. The molecule has 0 spiro atoms. The number of hydrazine groups is 1. The zero-order valence-electron chi connectivity index (χ0n) is 21.2. The van der Waals surface area contributed by atoms with Crippen molar-refractivity contribution in [2.24, 2.45) is 11.8 Å². The molecule has 40 heavy (non-hydrogen) atoms. The van der Waals surface area contributed by atoms with Crippen molar-refractivity contribution in [2.45, 2.75) is 25.7 Å². The molecule has 0 bridgehead atoms. The molecule has 5 rings (SSSR count). The van der Waals surface area contributed by atoms with Gasteiger partial charge in [0.25, 0.3) is 23.4 Å². The highest BCUT2D eigenvalue weighted by Crippen LogP contribution is 2.39. The van der Waals surface area contributed by atoms with Crippen molar-refractivity contribution >= 4 is 40.8 Å². The van der Waals surface area contributed by atoms with Gasteiger partial charge in [-0.3, -0.25) is 29.3 Å². The second-order valence-corrected chi connectivity index (χ2v) is 10.0. The van der Waals surface area contributed by atoms with Crippen LogP contribution in [0.25, 0.3) is 0 Å². The fourth-order valence-electron chi connectivity index (χ4n) is 5.10. The maximum Gasteiger partial charge on any atom is 0.274 e. The van der Waals surface area contributed by atoms with Gasteiger partial charge < -0.3 is 4.74 Å². The van der Waals surface area contributed by atoms with Crippen molar-refractivity contribution < 1.29 is 28.8 Å². The van der Waals surface area contributed by atoms with E-state index in [1.807, 2.05) is 0 Å². The quantitative estimate of drug-likeness (QED) is 0.155. The maximum absolute atomic E-state index is 13.6. The molecule has 3 amide bonds. The highest BCUT2D eigenvalue weighted by molar-refractivity contribution is 6.34. The lowest BCUT2D eigenvalue weighted by atomic mass is 9.81. The molecule has 2 atom stereocenters. The van der Waals surface area contributed by atoms with Crippen molar-refractivity contribution in [3.63, 3.8) is 0 Å². The Morgan fingerprint density at radius 2 is 1.45 bits per heavy atom. The van der Waals surface area contributed by atoms with Gasteiger partial charge in [-0.1, -0.05) is 36.6 Å². The Hall–Kier alpha value is -4.57. The number of amides is 3. The molecule has 10 nitrogen and oxygen atoms in total. The molecule has 1 aliphatic heterocycles. The van der Waals surface area contributed by atoms with Crippen LogP contribution in [0.5, 0.6) is 11.5 Å². The molecule has 2 fully saturated rings. The number of benzene rings is 3. The lowest BCUT2D eigenvalue weighted by Crippen LogP contribution is -2.52. The second-order valence-electron chi connectivity index (χ2n) is 9.63. The van der Waals surface area contributed by atoms with Gasteiger partial charge in [0.15, 0.2) is 5.78 Å². The van der Waals surface area contributed by atoms with E-state index in [1.54, 1.807) is 12.1 Å². The lowest BCUT2D eigenvalue weighted by molar-refractivity contribution is -0.384. The SMILES string of the molecule is O=C(CN(C(=O)c1ccccc1Cl)N1C(=O)[C@@H]2CCCC[C@H]2C1=O)c1ccc(Oc2ccc([N+](=O)[O-])cc2)cc1. The fraction of sp³-hybridized carbons (Fsp3) is 0.241. The highest BCUT2D eigenvalue weighted by atomic mass is 35.5. The summed E-state index contributed by atoms with van der Waals surface area (Å²) in [5, 5.41) is 12.7. The van der Waals surface area contributed by atoms with Crippen molar-refractivity contribution in [3.8, 4) is 11.5 Å². The van der Waals surface area contributed by atoms with E-state index in [2.05, 4.69) is 0 Å². The Morgan fingerprint density at radius 1 is 0.900 bits per heavy atom. The van der Waals surface area contributed by atoms with E-state index in [4.69, 9.17) is 16.3 Å². The van der Waals surface area contributed by atoms with E-state index in [0.717, 1.165) is 22.9 Å². The standard InChI is InChI=1S/C29H24ClN3O7/c30-25-8-4-3-7-24(25)27(35)31(32-28(36)22-5-1-2-6-23(22)29(32)37)17-26(34)18-9-13-20(14-10-18)40-21-15-11-19(12-16-21)33(38)39/h3-4,7-16,22-23H,1-2,5-6,17H2/t22-,23-/m1/s1. The summed E-state index contributed by atoms with van der Waals surface area (Å²) >= 11 is 6.26. The third-order valence-electron chi connectivity index (χ3n) is 7.15. The van der Waals surface area contributed by atoms with Crippen molar-refractivity contribution in [3.05, 3.63) is 99.1 Å². The minimum atomic E-state index is -0.725. The summed E-state index contributed by atoms with van der Waals surface area (Å²) < 4.78 is 5.69. The van der Waals surface area contributed by atoms with Crippen LogP contribution in [0.3, 0.4) is 0 Å². The van der Waals surface area contributed by atoms with Crippen LogP contribution >= 0.6 is 11.6 Å². The summed E-state index contributed by atoms with van der Waals surface area (Å²) in [6.07, 6.45) is 2.76. The number of rotatable bonds is 8. The number of Topliss-reactive ketones (excluding diaryl/α,β-unsaturated/α-hetero) is 1. The molecule has 11 heteroatoms. The zero-order valence-corrected chi connectivity index (χ0v) is 22.0. The second kappa shape index (κ2) is 11.3.